The minimum absolute atomic E-state index is 0.0740. The van der Waals surface area contributed by atoms with Gasteiger partial charge in [0.15, 0.2) is 17.8 Å². The van der Waals surface area contributed by atoms with Crippen molar-refractivity contribution in [2.45, 2.75) is 6.54 Å². The highest BCUT2D eigenvalue weighted by atomic mass is 16.5. The van der Waals surface area contributed by atoms with Crippen LogP contribution in [0.1, 0.15) is 10.4 Å². The number of pyridine rings is 1. The predicted molar refractivity (Wildman–Crippen MR) is 107 cm³/mol. The summed E-state index contributed by atoms with van der Waals surface area (Å²) in [4.78, 5) is 37.3. The molecule has 0 aliphatic heterocycles. The van der Waals surface area contributed by atoms with E-state index in [9.17, 15) is 14.4 Å². The summed E-state index contributed by atoms with van der Waals surface area (Å²) in [5.74, 6) is -0.799. The highest BCUT2D eigenvalue weighted by molar-refractivity contribution is 5.98. The molecule has 0 fully saturated rings. The van der Waals surface area contributed by atoms with Crippen LogP contribution in [0.2, 0.25) is 0 Å². The van der Waals surface area contributed by atoms with Crippen LogP contribution in [0.4, 0.5) is 0 Å². The van der Waals surface area contributed by atoms with E-state index >= 15 is 0 Å². The average molecular weight is 371 g/mol. The molecule has 0 atom stereocenters. The van der Waals surface area contributed by atoms with Crippen LogP contribution in [0.25, 0.3) is 21.8 Å². The second-order valence-corrected chi connectivity index (χ2v) is 6.40. The van der Waals surface area contributed by atoms with E-state index in [0.717, 1.165) is 0 Å². The van der Waals surface area contributed by atoms with Crippen LogP contribution >= 0.6 is 0 Å². The van der Waals surface area contributed by atoms with Gasteiger partial charge in [-0.15, -0.1) is 0 Å². The molecule has 0 aliphatic carbocycles. The zero-order valence-corrected chi connectivity index (χ0v) is 15.0. The lowest BCUT2D eigenvalue weighted by molar-refractivity contribution is -0.143. The van der Waals surface area contributed by atoms with Crippen molar-refractivity contribution in [2.24, 2.45) is 0 Å². The Morgan fingerprint density at radius 1 is 0.750 bits per heavy atom. The lowest BCUT2D eigenvalue weighted by Crippen LogP contribution is -2.20. The Morgan fingerprint density at radius 2 is 1.29 bits per heavy atom. The number of esters is 1. The number of carbonyl (C=O) groups is 2. The number of fused-ring (bicyclic) bond motifs is 2. The van der Waals surface area contributed by atoms with Crippen LogP contribution in [0, 0.1) is 0 Å². The number of hydrogen-bond acceptors (Lipinski definition) is 4. The first-order valence-electron chi connectivity index (χ1n) is 8.89. The lowest BCUT2D eigenvalue weighted by Gasteiger charge is -2.14. The van der Waals surface area contributed by atoms with Crippen molar-refractivity contribution in [2.75, 3.05) is 6.61 Å². The van der Waals surface area contributed by atoms with Gasteiger partial charge in [-0.3, -0.25) is 14.4 Å². The molecule has 4 aromatic rings. The van der Waals surface area contributed by atoms with Crippen LogP contribution in [-0.2, 0) is 16.1 Å². The SMILES string of the molecule is O=C(Cn1c2ccccc2c(=O)c2ccccc21)OCC(=O)c1ccccc1. The first kappa shape index (κ1) is 17.7. The number of benzene rings is 3. The maximum Gasteiger partial charge on any atom is 0.326 e. The van der Waals surface area contributed by atoms with E-state index in [1.165, 1.54) is 0 Å². The molecule has 3 aromatic carbocycles. The van der Waals surface area contributed by atoms with Crippen LogP contribution in [0.15, 0.2) is 83.7 Å². The number of hydrogen-bond donors (Lipinski definition) is 0. The molecule has 5 heteroatoms. The molecule has 5 nitrogen and oxygen atoms in total. The second kappa shape index (κ2) is 7.48. The number of aromatic nitrogens is 1. The van der Waals surface area contributed by atoms with Crippen molar-refractivity contribution < 1.29 is 14.3 Å². The zero-order valence-electron chi connectivity index (χ0n) is 15.0. The number of para-hydroxylation sites is 2. The van der Waals surface area contributed by atoms with Gasteiger partial charge < -0.3 is 9.30 Å². The third-order valence-corrected chi connectivity index (χ3v) is 4.63. The van der Waals surface area contributed by atoms with Crippen LogP contribution < -0.4 is 5.43 Å². The molecular formula is C23H17NO4. The molecule has 0 amide bonds. The van der Waals surface area contributed by atoms with Gasteiger partial charge in [0, 0.05) is 16.3 Å². The normalized spacial score (nSPS) is 10.9. The van der Waals surface area contributed by atoms with E-state index in [0.29, 0.717) is 27.4 Å². The summed E-state index contributed by atoms with van der Waals surface area (Å²) in [5.41, 5.74) is 1.72. The Hall–Kier alpha value is -3.73. The lowest BCUT2D eigenvalue weighted by atomic mass is 10.1. The van der Waals surface area contributed by atoms with Gasteiger partial charge in [-0.2, -0.15) is 0 Å². The Kier molecular flexibility index (Phi) is 4.72. The van der Waals surface area contributed by atoms with E-state index in [4.69, 9.17) is 4.74 Å². The van der Waals surface area contributed by atoms with Crippen molar-refractivity contribution in [3.05, 3.63) is 94.6 Å². The molecule has 0 radical (unpaired) electrons. The first-order valence-corrected chi connectivity index (χ1v) is 8.89. The minimum atomic E-state index is -0.539. The Labute approximate surface area is 160 Å². The molecule has 0 saturated carbocycles. The smallest absolute Gasteiger partial charge is 0.326 e. The Balaban J connectivity index is 1.63. The molecule has 0 saturated heterocycles. The quantitative estimate of drug-likeness (QED) is 0.306. The molecule has 0 N–H and O–H groups in total. The number of Topliss-reactive ketones (excluding diaryl/α,β-unsaturated/α-hetero) is 1. The standard InChI is InChI=1S/C23H17NO4/c25-21(16-8-2-1-3-9-16)15-28-22(26)14-24-19-12-6-4-10-17(19)23(27)18-11-5-7-13-20(18)24/h1-13H,14-15H2. The fourth-order valence-electron chi connectivity index (χ4n) is 3.28. The molecule has 1 heterocycles. The molecule has 0 spiro atoms. The summed E-state index contributed by atoms with van der Waals surface area (Å²) >= 11 is 0. The van der Waals surface area contributed by atoms with Gasteiger partial charge in [-0.1, -0.05) is 54.6 Å². The second-order valence-electron chi connectivity index (χ2n) is 6.40. The van der Waals surface area contributed by atoms with Crippen molar-refractivity contribution in [3.8, 4) is 0 Å². The molecule has 4 rings (SSSR count). The third-order valence-electron chi connectivity index (χ3n) is 4.63. The summed E-state index contributed by atoms with van der Waals surface area (Å²) < 4.78 is 6.95. The van der Waals surface area contributed by atoms with Crippen molar-refractivity contribution >= 4 is 33.6 Å². The van der Waals surface area contributed by atoms with Gasteiger partial charge in [0.25, 0.3) is 0 Å². The predicted octanol–water partition coefficient (Wildman–Crippen LogP) is 3.58. The van der Waals surface area contributed by atoms with E-state index in [-0.39, 0.29) is 24.4 Å². The van der Waals surface area contributed by atoms with Gasteiger partial charge in [0.1, 0.15) is 6.54 Å². The molecule has 0 unspecified atom stereocenters. The number of carbonyl (C=O) groups excluding carboxylic acids is 2. The summed E-state index contributed by atoms with van der Waals surface area (Å²) in [7, 11) is 0. The highest BCUT2D eigenvalue weighted by Gasteiger charge is 2.15. The fraction of sp³-hybridized carbons (Fsp3) is 0.0870. The van der Waals surface area contributed by atoms with Gasteiger partial charge in [-0.25, -0.2) is 0 Å². The molecule has 1 aromatic heterocycles. The average Bonchev–Trinajstić information content (AvgIpc) is 2.75. The van der Waals surface area contributed by atoms with Crippen LogP contribution in [0.5, 0.6) is 0 Å². The number of ether oxygens (including phenoxy) is 1. The number of ketones is 1. The summed E-state index contributed by atoms with van der Waals surface area (Å²) in [6.45, 7) is -0.414. The van der Waals surface area contributed by atoms with Gasteiger partial charge in [0.2, 0.25) is 0 Å². The summed E-state index contributed by atoms with van der Waals surface area (Å²) in [6.07, 6.45) is 0. The molecular weight excluding hydrogens is 354 g/mol. The molecule has 0 bridgehead atoms. The summed E-state index contributed by atoms with van der Waals surface area (Å²) in [6, 6.07) is 23.0. The van der Waals surface area contributed by atoms with E-state index in [1.54, 1.807) is 65.2 Å². The first-order chi connectivity index (χ1) is 13.6. The van der Waals surface area contributed by atoms with E-state index < -0.39 is 5.97 Å². The maximum atomic E-state index is 12.7. The van der Waals surface area contributed by atoms with Crippen molar-refractivity contribution in [1.29, 1.82) is 0 Å². The van der Waals surface area contributed by atoms with E-state index in [2.05, 4.69) is 0 Å². The largest absolute Gasteiger partial charge is 0.456 e. The van der Waals surface area contributed by atoms with E-state index in [1.807, 2.05) is 18.2 Å². The van der Waals surface area contributed by atoms with Gasteiger partial charge in [-0.05, 0) is 24.3 Å². The van der Waals surface area contributed by atoms with Crippen molar-refractivity contribution in [1.82, 2.24) is 4.57 Å². The van der Waals surface area contributed by atoms with Gasteiger partial charge in [0.05, 0.1) is 11.0 Å². The summed E-state index contributed by atoms with van der Waals surface area (Å²) in [5, 5.41) is 1.07. The fourth-order valence-corrected chi connectivity index (χ4v) is 3.28. The highest BCUT2D eigenvalue weighted by Crippen LogP contribution is 2.19. The topological polar surface area (TPSA) is 65.4 Å². The third kappa shape index (κ3) is 3.30. The Morgan fingerprint density at radius 3 is 1.89 bits per heavy atom. The van der Waals surface area contributed by atoms with Crippen LogP contribution in [-0.4, -0.2) is 22.9 Å². The maximum absolute atomic E-state index is 12.7. The van der Waals surface area contributed by atoms with Crippen LogP contribution in [0.3, 0.4) is 0 Å². The molecule has 138 valence electrons. The minimum Gasteiger partial charge on any atom is -0.456 e. The van der Waals surface area contributed by atoms with Gasteiger partial charge >= 0.3 is 5.97 Å². The monoisotopic (exact) mass is 371 g/mol. The molecule has 28 heavy (non-hydrogen) atoms. The zero-order chi connectivity index (χ0) is 19.5. The van der Waals surface area contributed by atoms with Crippen molar-refractivity contribution in [3.63, 3.8) is 0 Å². The Bertz CT molecular complexity index is 1180. The number of rotatable bonds is 5. The number of nitrogens with zero attached hydrogens (tertiary/aromatic N) is 1. The molecule has 0 aliphatic rings.